The van der Waals surface area contributed by atoms with Gasteiger partial charge in [0, 0.05) is 4.50 Å². The fourth-order valence-electron chi connectivity index (χ4n) is 0.956. The van der Waals surface area contributed by atoms with E-state index in [9.17, 15) is 4.79 Å². The molecule has 66 valence electrons. The number of halogens is 1. The number of rotatable bonds is 2. The minimum atomic E-state index is -1.35. The molecule has 0 radical (unpaired) electrons. The summed E-state index contributed by atoms with van der Waals surface area (Å²) in [5.41, 5.74) is 0. The molecule has 12 heavy (non-hydrogen) atoms. The quantitative estimate of drug-likeness (QED) is 0.551. The van der Waals surface area contributed by atoms with Crippen LogP contribution in [-0.4, -0.2) is 14.4 Å². The molecule has 0 aromatic carbocycles. The van der Waals surface area contributed by atoms with Gasteiger partial charge in [0.25, 0.3) is 0 Å². The molecule has 4 heteroatoms. The van der Waals surface area contributed by atoms with Crippen LogP contribution in [0, 0.1) is 0 Å². The summed E-state index contributed by atoms with van der Waals surface area (Å²) in [4.78, 5) is 11.2. The first-order valence-corrected chi connectivity index (χ1v) is 8.39. The van der Waals surface area contributed by atoms with Crippen LogP contribution >= 0.6 is 22.9 Å². The highest BCUT2D eigenvalue weighted by molar-refractivity contribution is 7.28. The van der Waals surface area contributed by atoms with Gasteiger partial charge in [-0.25, -0.2) is 0 Å². The van der Waals surface area contributed by atoms with Gasteiger partial charge >= 0.3 is 0 Å². The molecular weight excluding hydrogens is 208 g/mol. The lowest BCUT2D eigenvalue weighted by atomic mass is 10.5. The summed E-state index contributed by atoms with van der Waals surface area (Å²) >= 11 is 7.52. The van der Waals surface area contributed by atoms with Crippen LogP contribution in [0.4, 0.5) is 0 Å². The van der Waals surface area contributed by atoms with Crippen molar-refractivity contribution in [3.63, 3.8) is 0 Å². The van der Waals surface area contributed by atoms with Gasteiger partial charge in [0.1, 0.15) is 0 Å². The standard InChI is InChI=1S/C8H11ClOSSi/c1-12(2,3)8-7(9)4-6(5-10)11-8/h4-5H,1-3H3. The molecule has 1 aromatic rings. The maximum atomic E-state index is 10.5. The van der Waals surface area contributed by atoms with E-state index in [0.29, 0.717) is 0 Å². The van der Waals surface area contributed by atoms with E-state index < -0.39 is 8.07 Å². The zero-order chi connectivity index (χ0) is 9.35. The fraction of sp³-hybridized carbons (Fsp3) is 0.375. The average molecular weight is 219 g/mol. The summed E-state index contributed by atoms with van der Waals surface area (Å²) in [6.07, 6.45) is 0.861. The van der Waals surface area contributed by atoms with E-state index in [4.69, 9.17) is 11.6 Å². The molecular formula is C8H11ClOSSi. The zero-order valence-corrected chi connectivity index (χ0v) is 9.92. The first kappa shape index (κ1) is 9.96. The average Bonchev–Trinajstić information content (AvgIpc) is 2.29. The van der Waals surface area contributed by atoms with Crippen LogP contribution in [0.3, 0.4) is 0 Å². The smallest absolute Gasteiger partial charge is 0.160 e. The minimum Gasteiger partial charge on any atom is -0.297 e. The van der Waals surface area contributed by atoms with Gasteiger partial charge in [0.05, 0.1) is 18.0 Å². The Balaban J connectivity index is 3.16. The Hall–Kier alpha value is -0.123. The second-order valence-electron chi connectivity index (χ2n) is 3.69. The summed E-state index contributed by atoms with van der Waals surface area (Å²) in [6.45, 7) is 6.66. The van der Waals surface area contributed by atoms with Gasteiger partial charge in [-0.05, 0) is 6.07 Å². The lowest BCUT2D eigenvalue weighted by Gasteiger charge is -2.13. The summed E-state index contributed by atoms with van der Waals surface area (Å²) in [7, 11) is -1.35. The Morgan fingerprint density at radius 2 is 2.08 bits per heavy atom. The zero-order valence-electron chi connectivity index (χ0n) is 7.35. The fourth-order valence-corrected chi connectivity index (χ4v) is 5.09. The molecule has 0 saturated heterocycles. The van der Waals surface area contributed by atoms with Crippen molar-refractivity contribution in [2.45, 2.75) is 19.6 Å². The minimum absolute atomic E-state index is 0.734. The molecule has 1 aromatic heterocycles. The van der Waals surface area contributed by atoms with Gasteiger partial charge in [0.15, 0.2) is 6.29 Å². The number of hydrogen-bond acceptors (Lipinski definition) is 2. The van der Waals surface area contributed by atoms with Crippen molar-refractivity contribution in [3.05, 3.63) is 16.0 Å². The number of carbonyl (C=O) groups excluding carboxylic acids is 1. The molecule has 0 bridgehead atoms. The van der Waals surface area contributed by atoms with E-state index >= 15 is 0 Å². The van der Waals surface area contributed by atoms with Crippen molar-refractivity contribution in [1.82, 2.24) is 0 Å². The van der Waals surface area contributed by atoms with Crippen molar-refractivity contribution >= 4 is 41.8 Å². The van der Waals surface area contributed by atoms with E-state index in [-0.39, 0.29) is 0 Å². The molecule has 0 aliphatic rings. The molecule has 0 aliphatic heterocycles. The molecule has 1 heterocycles. The topological polar surface area (TPSA) is 17.1 Å². The molecule has 1 rings (SSSR count). The van der Waals surface area contributed by atoms with Crippen molar-refractivity contribution in [1.29, 1.82) is 0 Å². The third-order valence-corrected chi connectivity index (χ3v) is 6.72. The molecule has 0 saturated carbocycles. The van der Waals surface area contributed by atoms with Gasteiger partial charge in [0.2, 0.25) is 0 Å². The van der Waals surface area contributed by atoms with Crippen molar-refractivity contribution in [3.8, 4) is 0 Å². The van der Waals surface area contributed by atoms with Gasteiger partial charge in [-0.3, -0.25) is 4.79 Å². The van der Waals surface area contributed by atoms with Gasteiger partial charge < -0.3 is 0 Å². The predicted octanol–water partition coefficient (Wildman–Crippen LogP) is 2.76. The first-order chi connectivity index (χ1) is 5.45. The molecule has 0 fully saturated rings. The lowest BCUT2D eigenvalue weighted by Crippen LogP contribution is -2.35. The number of carbonyl (C=O) groups is 1. The number of hydrogen-bond donors (Lipinski definition) is 0. The molecule has 0 unspecified atom stereocenters. The highest BCUT2D eigenvalue weighted by atomic mass is 35.5. The van der Waals surface area contributed by atoms with Crippen LogP contribution in [0.5, 0.6) is 0 Å². The summed E-state index contributed by atoms with van der Waals surface area (Å²) in [6, 6.07) is 1.76. The monoisotopic (exact) mass is 218 g/mol. The Labute approximate surface area is 82.4 Å². The predicted molar refractivity (Wildman–Crippen MR) is 57.7 cm³/mol. The largest absolute Gasteiger partial charge is 0.297 e. The molecule has 1 nitrogen and oxygen atoms in total. The second-order valence-corrected chi connectivity index (χ2v) is 10.5. The third-order valence-electron chi connectivity index (χ3n) is 1.50. The van der Waals surface area contributed by atoms with Gasteiger partial charge in [-0.15, -0.1) is 11.3 Å². The SMILES string of the molecule is C[Si](C)(C)c1sc(C=O)cc1Cl. The summed E-state index contributed by atoms with van der Waals surface area (Å²) in [5.74, 6) is 0. The molecule has 0 N–H and O–H groups in total. The van der Waals surface area contributed by atoms with E-state index in [0.717, 1.165) is 16.2 Å². The number of thiophene rings is 1. The molecule has 0 amide bonds. The van der Waals surface area contributed by atoms with E-state index in [1.165, 1.54) is 15.8 Å². The maximum absolute atomic E-state index is 10.5. The Kier molecular flexibility index (Phi) is 2.76. The normalized spacial score (nSPS) is 11.7. The second kappa shape index (κ2) is 3.32. The highest BCUT2D eigenvalue weighted by Gasteiger charge is 2.22. The van der Waals surface area contributed by atoms with E-state index in [1.807, 2.05) is 0 Å². The molecule has 0 spiro atoms. The van der Waals surface area contributed by atoms with Gasteiger partial charge in [-0.2, -0.15) is 0 Å². The summed E-state index contributed by atoms with van der Waals surface area (Å²) < 4.78 is 1.21. The third kappa shape index (κ3) is 1.97. The van der Waals surface area contributed by atoms with Crippen LogP contribution in [0.15, 0.2) is 6.07 Å². The van der Waals surface area contributed by atoms with Crippen molar-refractivity contribution in [2.24, 2.45) is 0 Å². The Bertz CT molecular complexity index is 300. The van der Waals surface area contributed by atoms with E-state index in [1.54, 1.807) is 6.07 Å². The van der Waals surface area contributed by atoms with Crippen molar-refractivity contribution < 1.29 is 4.79 Å². The van der Waals surface area contributed by atoms with Crippen LogP contribution in [0.1, 0.15) is 9.67 Å². The maximum Gasteiger partial charge on any atom is 0.160 e. The van der Waals surface area contributed by atoms with Crippen LogP contribution in [0.2, 0.25) is 24.7 Å². The number of aldehydes is 1. The van der Waals surface area contributed by atoms with Crippen LogP contribution in [-0.2, 0) is 0 Å². The summed E-state index contributed by atoms with van der Waals surface area (Å²) in [5, 5.41) is 0.765. The van der Waals surface area contributed by atoms with Crippen molar-refractivity contribution in [2.75, 3.05) is 0 Å². The lowest BCUT2D eigenvalue weighted by molar-refractivity contribution is 0.112. The van der Waals surface area contributed by atoms with Gasteiger partial charge in [-0.1, -0.05) is 31.2 Å². The highest BCUT2D eigenvalue weighted by Crippen LogP contribution is 2.20. The first-order valence-electron chi connectivity index (χ1n) is 3.70. The van der Waals surface area contributed by atoms with Crippen LogP contribution in [0.25, 0.3) is 0 Å². The van der Waals surface area contributed by atoms with Crippen LogP contribution < -0.4 is 4.50 Å². The molecule has 0 atom stereocenters. The molecule has 0 aliphatic carbocycles. The Morgan fingerprint density at radius 3 is 2.33 bits per heavy atom. The Morgan fingerprint density at radius 1 is 1.50 bits per heavy atom. The van der Waals surface area contributed by atoms with E-state index in [2.05, 4.69) is 19.6 Å².